The maximum atomic E-state index is 13.1. The number of alkyl halides is 3. The normalized spacial score (nSPS) is 14.0. The van der Waals surface area contributed by atoms with E-state index < -0.39 is 11.7 Å². The molecular weight excluding hydrogens is 603 g/mol. The van der Waals surface area contributed by atoms with Crippen LogP contribution in [-0.2, 0) is 12.7 Å². The van der Waals surface area contributed by atoms with Crippen molar-refractivity contribution in [2.24, 2.45) is 0 Å². The number of hydrogen-bond acceptors (Lipinski definition) is 7. The number of likely N-dealkylation sites (N-methyl/N-ethyl adjacent to an activating group) is 1. The molecule has 1 aliphatic heterocycles. The molecule has 2 heterocycles. The van der Waals surface area contributed by atoms with Crippen molar-refractivity contribution in [3.8, 4) is 11.3 Å². The molecule has 0 bridgehead atoms. The largest absolute Gasteiger partial charge is 0.416 e. The minimum Gasteiger partial charge on any atom is -0.355 e. The monoisotopic (exact) mass is 637 g/mol. The molecule has 0 aliphatic carbocycles. The van der Waals surface area contributed by atoms with Gasteiger partial charge in [0, 0.05) is 72.7 Å². The van der Waals surface area contributed by atoms with Crippen molar-refractivity contribution in [2.75, 3.05) is 49.2 Å². The summed E-state index contributed by atoms with van der Waals surface area (Å²) in [5.74, 6) is 0.240. The number of halogens is 3. The second kappa shape index (κ2) is 14.0. The van der Waals surface area contributed by atoms with Crippen LogP contribution in [0.2, 0.25) is 0 Å². The lowest BCUT2D eigenvalue weighted by Crippen LogP contribution is -2.43. The van der Waals surface area contributed by atoms with Crippen LogP contribution >= 0.6 is 0 Å². The quantitative estimate of drug-likeness (QED) is 0.153. The van der Waals surface area contributed by atoms with Crippen LogP contribution in [-0.4, -0.2) is 58.9 Å². The van der Waals surface area contributed by atoms with E-state index in [-0.39, 0.29) is 5.91 Å². The first-order chi connectivity index (χ1) is 22.7. The Bertz CT molecular complexity index is 1820. The summed E-state index contributed by atoms with van der Waals surface area (Å²) >= 11 is 0. The molecule has 1 fully saturated rings. The van der Waals surface area contributed by atoms with Gasteiger partial charge in [-0.05, 0) is 73.3 Å². The second-order valence-corrected chi connectivity index (χ2v) is 11.5. The summed E-state index contributed by atoms with van der Waals surface area (Å²) in [7, 11) is 2.14. The topological polar surface area (TPSA) is 85.4 Å². The van der Waals surface area contributed by atoms with E-state index in [1.807, 2.05) is 72.8 Å². The predicted octanol–water partition coefficient (Wildman–Crippen LogP) is 7.65. The molecule has 11 heteroatoms. The highest BCUT2D eigenvalue weighted by molar-refractivity contribution is 6.04. The van der Waals surface area contributed by atoms with Gasteiger partial charge in [0.1, 0.15) is 12.1 Å². The molecule has 0 atom stereocenters. The molecule has 1 aromatic heterocycles. The van der Waals surface area contributed by atoms with Crippen molar-refractivity contribution < 1.29 is 18.0 Å². The number of hydrogen-bond donors (Lipinski definition) is 3. The highest BCUT2D eigenvalue weighted by Crippen LogP contribution is 2.32. The van der Waals surface area contributed by atoms with Gasteiger partial charge in [-0.3, -0.25) is 9.69 Å². The highest BCUT2D eigenvalue weighted by Gasteiger charge is 2.30. The predicted molar refractivity (Wildman–Crippen MR) is 179 cm³/mol. The maximum absolute atomic E-state index is 13.1. The van der Waals surface area contributed by atoms with Gasteiger partial charge in [-0.25, -0.2) is 9.97 Å². The minimum atomic E-state index is -4.40. The summed E-state index contributed by atoms with van der Waals surface area (Å²) < 4.78 is 38.8. The Balaban J connectivity index is 1.11. The fourth-order valence-electron chi connectivity index (χ4n) is 5.34. The number of anilines is 5. The third-order valence-corrected chi connectivity index (χ3v) is 7.97. The summed E-state index contributed by atoms with van der Waals surface area (Å²) in [4.78, 5) is 26.5. The van der Waals surface area contributed by atoms with E-state index in [4.69, 9.17) is 0 Å². The first kappa shape index (κ1) is 31.7. The van der Waals surface area contributed by atoms with Crippen LogP contribution in [0.1, 0.15) is 21.5 Å². The number of amides is 1. The van der Waals surface area contributed by atoms with E-state index in [0.29, 0.717) is 28.5 Å². The molecular formula is C36H34F3N7O. The van der Waals surface area contributed by atoms with Crippen LogP contribution < -0.4 is 16.0 Å². The molecule has 0 spiro atoms. The number of para-hydroxylation sites is 1. The van der Waals surface area contributed by atoms with Gasteiger partial charge in [0.05, 0.1) is 11.3 Å². The Morgan fingerprint density at radius 1 is 0.766 bits per heavy atom. The van der Waals surface area contributed by atoms with E-state index in [0.717, 1.165) is 61.8 Å². The van der Waals surface area contributed by atoms with Gasteiger partial charge in [-0.2, -0.15) is 13.2 Å². The van der Waals surface area contributed by atoms with Crippen molar-refractivity contribution >= 4 is 34.5 Å². The standard InChI is InChI=1S/C36H34F3N7O/c1-45-17-19-46(20-18-45)23-25-9-11-26(12-10-25)35(47)44-30-6-4-5-29(21-30)42-32-8-3-2-7-31(32)33-22-34(41-24-40-33)43-28-15-13-27(14-16-28)36(37,38)39/h2-16,21-22,24,42H,17-20,23H2,1H3,(H,44,47)(H,40,41,43). The zero-order chi connectivity index (χ0) is 32.8. The summed E-state index contributed by atoms with van der Waals surface area (Å²) in [6.07, 6.45) is -3.01. The zero-order valence-electron chi connectivity index (χ0n) is 25.8. The fraction of sp³-hybridized carbons (Fsp3) is 0.194. The van der Waals surface area contributed by atoms with Gasteiger partial charge in [-0.15, -0.1) is 0 Å². The number of aromatic nitrogens is 2. The molecule has 8 nitrogen and oxygen atoms in total. The van der Waals surface area contributed by atoms with E-state index >= 15 is 0 Å². The van der Waals surface area contributed by atoms with Crippen LogP contribution in [0.25, 0.3) is 11.3 Å². The number of nitrogens with one attached hydrogen (secondary N) is 3. The average Bonchev–Trinajstić information content (AvgIpc) is 3.06. The van der Waals surface area contributed by atoms with Crippen molar-refractivity contribution in [3.05, 3.63) is 126 Å². The fourth-order valence-corrected chi connectivity index (χ4v) is 5.34. The second-order valence-electron chi connectivity index (χ2n) is 11.5. The smallest absolute Gasteiger partial charge is 0.355 e. The number of piperazine rings is 1. The Morgan fingerprint density at radius 2 is 1.49 bits per heavy atom. The molecule has 4 aromatic carbocycles. The molecule has 5 aromatic rings. The lowest BCUT2D eigenvalue weighted by molar-refractivity contribution is -0.137. The first-order valence-electron chi connectivity index (χ1n) is 15.2. The van der Waals surface area contributed by atoms with Crippen LogP contribution in [0.4, 0.5) is 41.7 Å². The Kier molecular flexibility index (Phi) is 9.46. The number of nitrogens with zero attached hydrogens (tertiary/aromatic N) is 4. The SMILES string of the molecule is CN1CCN(Cc2ccc(C(=O)Nc3cccc(Nc4ccccc4-c4cc(Nc5ccc(C(F)(F)F)cc5)ncn4)c3)cc2)CC1. The van der Waals surface area contributed by atoms with Crippen LogP contribution in [0.5, 0.6) is 0 Å². The van der Waals surface area contributed by atoms with Gasteiger partial charge in [-0.1, -0.05) is 36.4 Å². The number of benzene rings is 4. The van der Waals surface area contributed by atoms with Gasteiger partial charge < -0.3 is 20.9 Å². The van der Waals surface area contributed by atoms with E-state index in [1.54, 1.807) is 6.07 Å². The van der Waals surface area contributed by atoms with Crippen molar-refractivity contribution in [2.45, 2.75) is 12.7 Å². The van der Waals surface area contributed by atoms with Crippen molar-refractivity contribution in [1.29, 1.82) is 0 Å². The molecule has 1 amide bonds. The van der Waals surface area contributed by atoms with Gasteiger partial charge >= 0.3 is 6.18 Å². The average molecular weight is 638 g/mol. The summed E-state index contributed by atoms with van der Waals surface area (Å²) in [5, 5.41) is 9.45. The van der Waals surface area contributed by atoms with E-state index in [9.17, 15) is 18.0 Å². The molecule has 1 aliphatic rings. The molecule has 1 saturated heterocycles. The molecule has 0 radical (unpaired) electrons. The Labute approximate surface area is 271 Å². The van der Waals surface area contributed by atoms with Crippen LogP contribution in [0.3, 0.4) is 0 Å². The molecule has 6 rings (SSSR count). The van der Waals surface area contributed by atoms with Crippen LogP contribution in [0.15, 0.2) is 109 Å². The lowest BCUT2D eigenvalue weighted by Gasteiger charge is -2.32. The Morgan fingerprint density at radius 3 is 2.23 bits per heavy atom. The van der Waals surface area contributed by atoms with Crippen LogP contribution in [0, 0.1) is 0 Å². The first-order valence-corrected chi connectivity index (χ1v) is 15.2. The maximum Gasteiger partial charge on any atom is 0.416 e. The molecule has 0 saturated carbocycles. The third kappa shape index (κ3) is 8.32. The lowest BCUT2D eigenvalue weighted by atomic mass is 10.1. The minimum absolute atomic E-state index is 0.192. The van der Waals surface area contributed by atoms with Crippen molar-refractivity contribution in [3.63, 3.8) is 0 Å². The van der Waals surface area contributed by atoms with Gasteiger partial charge in [0.2, 0.25) is 0 Å². The summed E-state index contributed by atoms with van der Waals surface area (Å²) in [5.41, 5.74) is 5.08. The number of rotatable bonds is 9. The third-order valence-electron chi connectivity index (χ3n) is 7.97. The summed E-state index contributed by atoms with van der Waals surface area (Å²) in [6, 6.07) is 29.3. The number of carbonyl (C=O) groups is 1. The summed E-state index contributed by atoms with van der Waals surface area (Å²) in [6.45, 7) is 5.08. The Hall–Kier alpha value is -5.26. The van der Waals surface area contributed by atoms with E-state index in [2.05, 4.69) is 42.8 Å². The van der Waals surface area contributed by atoms with Gasteiger partial charge in [0.25, 0.3) is 5.91 Å². The van der Waals surface area contributed by atoms with Crippen molar-refractivity contribution in [1.82, 2.24) is 19.8 Å². The molecule has 240 valence electrons. The molecule has 0 unspecified atom stereocenters. The highest BCUT2D eigenvalue weighted by atomic mass is 19.4. The zero-order valence-corrected chi connectivity index (χ0v) is 25.8. The van der Waals surface area contributed by atoms with E-state index in [1.165, 1.54) is 24.0 Å². The molecule has 3 N–H and O–H groups in total. The number of carbonyl (C=O) groups excluding carboxylic acids is 1. The molecule has 47 heavy (non-hydrogen) atoms. The van der Waals surface area contributed by atoms with Gasteiger partial charge in [0.15, 0.2) is 0 Å².